The fraction of sp³-hybridized carbons (Fsp3) is 0.308. The van der Waals surface area contributed by atoms with Gasteiger partial charge in [-0.2, -0.15) is 5.26 Å². The Balaban J connectivity index is 2.88. The van der Waals surface area contributed by atoms with Gasteiger partial charge in [0, 0.05) is 18.1 Å². The number of urea groups is 1. The zero-order valence-electron chi connectivity index (χ0n) is 11.1. The molecule has 0 fully saturated rings. The number of carboxylic acids is 1. The number of benzene rings is 1. The van der Waals surface area contributed by atoms with Gasteiger partial charge in [-0.1, -0.05) is 15.9 Å². The third-order valence-electron chi connectivity index (χ3n) is 2.57. The normalized spacial score (nSPS) is 11.3. The molecule has 0 spiro atoms. The van der Waals surface area contributed by atoms with Gasteiger partial charge in [0.2, 0.25) is 0 Å². The van der Waals surface area contributed by atoms with Crippen molar-refractivity contribution in [3.63, 3.8) is 0 Å². The monoisotopic (exact) mass is 339 g/mol. The summed E-state index contributed by atoms with van der Waals surface area (Å²) >= 11 is 3.22. The van der Waals surface area contributed by atoms with E-state index in [-0.39, 0.29) is 23.7 Å². The lowest BCUT2D eigenvalue weighted by molar-refractivity contribution is 0.0698. The summed E-state index contributed by atoms with van der Waals surface area (Å²) < 4.78 is 0.658. The van der Waals surface area contributed by atoms with E-state index in [2.05, 4.69) is 21.2 Å². The number of rotatable bonds is 4. The molecule has 2 N–H and O–H groups in total. The number of nitriles is 1. The van der Waals surface area contributed by atoms with Gasteiger partial charge in [0.05, 0.1) is 23.2 Å². The molecule has 2 amide bonds. The molecule has 1 atom stereocenters. The Morgan fingerprint density at radius 2 is 2.20 bits per heavy atom. The molecule has 7 heteroatoms. The van der Waals surface area contributed by atoms with Gasteiger partial charge in [-0.25, -0.2) is 9.59 Å². The van der Waals surface area contributed by atoms with E-state index >= 15 is 0 Å². The number of amides is 2. The van der Waals surface area contributed by atoms with Crippen LogP contribution in [0.25, 0.3) is 0 Å². The first-order valence-electron chi connectivity index (χ1n) is 5.79. The first-order valence-corrected chi connectivity index (χ1v) is 6.59. The van der Waals surface area contributed by atoms with Crippen LogP contribution in [0.5, 0.6) is 0 Å². The average molecular weight is 340 g/mol. The number of halogens is 1. The summed E-state index contributed by atoms with van der Waals surface area (Å²) in [5.41, 5.74) is 0.205. The standard InChI is InChI=1S/C13H14BrN3O3/c1-8(6-15)7-17(2)13(20)16-11-5-9(14)3-4-10(11)12(18)19/h3-5,8H,7H2,1-2H3,(H,16,20)(H,18,19). The van der Waals surface area contributed by atoms with Crippen molar-refractivity contribution in [3.8, 4) is 6.07 Å². The molecule has 0 aliphatic carbocycles. The van der Waals surface area contributed by atoms with E-state index in [9.17, 15) is 9.59 Å². The van der Waals surface area contributed by atoms with Crippen molar-refractivity contribution in [2.75, 3.05) is 18.9 Å². The molecule has 1 unspecified atom stereocenters. The van der Waals surface area contributed by atoms with Crippen LogP contribution in [0.15, 0.2) is 22.7 Å². The van der Waals surface area contributed by atoms with Crippen molar-refractivity contribution >= 4 is 33.6 Å². The van der Waals surface area contributed by atoms with Crippen molar-refractivity contribution in [1.82, 2.24) is 4.90 Å². The molecule has 1 aromatic rings. The molecule has 20 heavy (non-hydrogen) atoms. The number of anilines is 1. The number of carbonyl (C=O) groups excluding carboxylic acids is 1. The van der Waals surface area contributed by atoms with Crippen molar-refractivity contribution in [3.05, 3.63) is 28.2 Å². The second-order valence-corrected chi connectivity index (χ2v) is 5.25. The largest absolute Gasteiger partial charge is 0.478 e. The van der Waals surface area contributed by atoms with Crippen molar-refractivity contribution in [2.24, 2.45) is 5.92 Å². The van der Waals surface area contributed by atoms with Crippen LogP contribution in [0.3, 0.4) is 0 Å². The average Bonchev–Trinajstić information content (AvgIpc) is 2.38. The van der Waals surface area contributed by atoms with Crippen LogP contribution >= 0.6 is 15.9 Å². The highest BCUT2D eigenvalue weighted by molar-refractivity contribution is 9.10. The topological polar surface area (TPSA) is 93.4 Å². The van der Waals surface area contributed by atoms with Gasteiger partial charge in [-0.05, 0) is 25.1 Å². The van der Waals surface area contributed by atoms with E-state index < -0.39 is 12.0 Å². The number of hydrogen-bond acceptors (Lipinski definition) is 3. The fourth-order valence-electron chi connectivity index (χ4n) is 1.55. The lowest BCUT2D eigenvalue weighted by Crippen LogP contribution is -2.34. The molecule has 6 nitrogen and oxygen atoms in total. The maximum Gasteiger partial charge on any atom is 0.337 e. The summed E-state index contributed by atoms with van der Waals surface area (Å²) in [6.45, 7) is 1.96. The molecule has 0 saturated carbocycles. The Labute approximate surface area is 125 Å². The highest BCUT2D eigenvalue weighted by atomic mass is 79.9. The number of carboxylic acid groups (broad SMARTS) is 1. The predicted molar refractivity (Wildman–Crippen MR) is 77.5 cm³/mol. The smallest absolute Gasteiger partial charge is 0.337 e. The summed E-state index contributed by atoms with van der Waals surface area (Å²) in [6, 6.07) is 6.07. The van der Waals surface area contributed by atoms with E-state index in [0.29, 0.717) is 4.47 Å². The molecule has 0 radical (unpaired) electrons. The predicted octanol–water partition coefficient (Wildman–Crippen LogP) is 2.77. The van der Waals surface area contributed by atoms with E-state index in [1.54, 1.807) is 20.0 Å². The van der Waals surface area contributed by atoms with Gasteiger partial charge in [0.15, 0.2) is 0 Å². The van der Waals surface area contributed by atoms with Gasteiger partial charge in [-0.3, -0.25) is 0 Å². The van der Waals surface area contributed by atoms with Crippen LogP contribution in [-0.2, 0) is 0 Å². The van der Waals surface area contributed by atoms with Crippen molar-refractivity contribution in [1.29, 1.82) is 5.26 Å². The van der Waals surface area contributed by atoms with Crippen LogP contribution in [0.1, 0.15) is 17.3 Å². The van der Waals surface area contributed by atoms with Gasteiger partial charge in [0.25, 0.3) is 0 Å². The third kappa shape index (κ3) is 4.24. The number of carbonyl (C=O) groups is 2. The number of nitrogens with one attached hydrogen (secondary N) is 1. The molecule has 106 valence electrons. The number of nitrogens with zero attached hydrogens (tertiary/aromatic N) is 2. The molecular formula is C13H14BrN3O3. The van der Waals surface area contributed by atoms with Crippen molar-refractivity contribution < 1.29 is 14.7 Å². The fourth-order valence-corrected chi connectivity index (χ4v) is 1.91. The Kier molecular flexibility index (Phi) is 5.53. The van der Waals surface area contributed by atoms with Crippen molar-refractivity contribution in [2.45, 2.75) is 6.92 Å². The Morgan fingerprint density at radius 1 is 1.55 bits per heavy atom. The summed E-state index contributed by atoms with van der Waals surface area (Å²) in [4.78, 5) is 24.4. The Morgan fingerprint density at radius 3 is 2.75 bits per heavy atom. The van der Waals surface area contributed by atoms with Crippen LogP contribution in [-0.4, -0.2) is 35.6 Å². The summed E-state index contributed by atoms with van der Waals surface area (Å²) in [5, 5.41) is 20.3. The molecular weight excluding hydrogens is 326 g/mol. The van der Waals surface area contributed by atoms with Gasteiger partial charge in [0.1, 0.15) is 0 Å². The lowest BCUT2D eigenvalue weighted by Gasteiger charge is -2.19. The quantitative estimate of drug-likeness (QED) is 0.881. The Bertz CT molecular complexity index is 568. The van der Waals surface area contributed by atoms with Gasteiger partial charge in [-0.15, -0.1) is 0 Å². The van der Waals surface area contributed by atoms with Crippen LogP contribution in [0.4, 0.5) is 10.5 Å². The molecule has 0 aliphatic heterocycles. The molecule has 1 aromatic carbocycles. The summed E-state index contributed by atoms with van der Waals surface area (Å²) in [5.74, 6) is -1.42. The van der Waals surface area contributed by atoms with Gasteiger partial charge >= 0.3 is 12.0 Å². The zero-order valence-corrected chi connectivity index (χ0v) is 12.6. The molecule has 0 aromatic heterocycles. The van der Waals surface area contributed by atoms with E-state index in [1.165, 1.54) is 17.0 Å². The second-order valence-electron chi connectivity index (χ2n) is 4.34. The minimum atomic E-state index is -1.12. The molecule has 1 rings (SSSR count). The van der Waals surface area contributed by atoms with E-state index in [1.807, 2.05) is 6.07 Å². The van der Waals surface area contributed by atoms with Crippen LogP contribution < -0.4 is 5.32 Å². The van der Waals surface area contributed by atoms with Crippen LogP contribution in [0.2, 0.25) is 0 Å². The molecule has 0 bridgehead atoms. The minimum Gasteiger partial charge on any atom is -0.478 e. The SMILES string of the molecule is CC(C#N)CN(C)C(=O)Nc1cc(Br)ccc1C(=O)O. The number of hydrogen-bond donors (Lipinski definition) is 2. The van der Waals surface area contributed by atoms with E-state index in [4.69, 9.17) is 10.4 Å². The number of aromatic carboxylic acids is 1. The lowest BCUT2D eigenvalue weighted by atomic mass is 10.2. The highest BCUT2D eigenvalue weighted by Gasteiger charge is 2.16. The van der Waals surface area contributed by atoms with E-state index in [0.717, 1.165) is 0 Å². The first-order chi connectivity index (χ1) is 9.35. The van der Waals surface area contributed by atoms with Gasteiger partial charge < -0.3 is 15.3 Å². The zero-order chi connectivity index (χ0) is 15.3. The molecule has 0 aliphatic rings. The maximum atomic E-state index is 11.9. The maximum absolute atomic E-state index is 11.9. The van der Waals surface area contributed by atoms with Crippen LogP contribution in [0, 0.1) is 17.2 Å². The summed E-state index contributed by atoms with van der Waals surface area (Å²) in [6.07, 6.45) is 0. The second kappa shape index (κ2) is 6.91. The Hall–Kier alpha value is -2.07. The summed E-state index contributed by atoms with van der Waals surface area (Å²) in [7, 11) is 1.54. The molecule has 0 saturated heterocycles. The molecule has 0 heterocycles. The third-order valence-corrected chi connectivity index (χ3v) is 3.06. The first kappa shape index (κ1) is 16.0. The minimum absolute atomic E-state index is 0.00304. The highest BCUT2D eigenvalue weighted by Crippen LogP contribution is 2.22.